The summed E-state index contributed by atoms with van der Waals surface area (Å²) in [5.74, 6) is -0.614. The molecule has 0 heterocycles. The van der Waals surface area contributed by atoms with Gasteiger partial charge >= 0.3 is 5.97 Å². The number of anilines is 2. The fraction of sp³-hybridized carbons (Fsp3) is 0.222. The number of benzene rings is 2. The summed E-state index contributed by atoms with van der Waals surface area (Å²) in [4.78, 5) is 23.7. The van der Waals surface area contributed by atoms with E-state index in [0.717, 1.165) is 6.42 Å². The average Bonchev–Trinajstić information content (AvgIpc) is 2.58. The van der Waals surface area contributed by atoms with Gasteiger partial charge < -0.3 is 15.4 Å². The largest absolute Gasteiger partial charge is 0.462 e. The molecule has 7 heteroatoms. The van der Waals surface area contributed by atoms with Gasteiger partial charge in [0.1, 0.15) is 0 Å². The van der Waals surface area contributed by atoms with Crippen LogP contribution in [0.25, 0.3) is 0 Å². The van der Waals surface area contributed by atoms with E-state index in [4.69, 9.17) is 27.9 Å². The third-order valence-electron chi connectivity index (χ3n) is 3.16. The lowest BCUT2D eigenvalue weighted by Crippen LogP contribution is -2.21. The number of carbonyl (C=O) groups excluding carboxylic acids is 2. The standard InChI is InChI=1S/C18H18Cl2N2O3/c1-2-7-25-18(24)12-3-5-15(6-4-12)22-17(23)11-21-16-9-13(19)8-14(20)10-16/h3-6,8-10,21H,2,7,11H2,1H3,(H,22,23). The molecular weight excluding hydrogens is 363 g/mol. The Kier molecular flexibility index (Phi) is 7.10. The van der Waals surface area contributed by atoms with Crippen LogP contribution in [0.4, 0.5) is 11.4 Å². The summed E-state index contributed by atoms with van der Waals surface area (Å²) in [7, 11) is 0. The fourth-order valence-electron chi connectivity index (χ4n) is 2.01. The molecule has 2 aromatic carbocycles. The van der Waals surface area contributed by atoms with Crippen LogP contribution in [-0.4, -0.2) is 25.0 Å². The molecule has 2 rings (SSSR count). The number of ether oxygens (including phenoxy) is 1. The lowest BCUT2D eigenvalue weighted by atomic mass is 10.2. The van der Waals surface area contributed by atoms with Gasteiger partial charge in [-0.15, -0.1) is 0 Å². The Morgan fingerprint density at radius 3 is 2.24 bits per heavy atom. The molecule has 1 amide bonds. The van der Waals surface area contributed by atoms with Crippen LogP contribution in [0.1, 0.15) is 23.7 Å². The van der Waals surface area contributed by atoms with Crippen LogP contribution >= 0.6 is 23.2 Å². The van der Waals surface area contributed by atoms with E-state index in [-0.39, 0.29) is 18.4 Å². The first kappa shape index (κ1) is 19.1. The predicted molar refractivity (Wildman–Crippen MR) is 101 cm³/mol. The molecule has 5 nitrogen and oxygen atoms in total. The number of carbonyl (C=O) groups is 2. The van der Waals surface area contributed by atoms with Crippen LogP contribution in [0.3, 0.4) is 0 Å². The molecule has 2 aromatic rings. The van der Waals surface area contributed by atoms with Gasteiger partial charge in [0.25, 0.3) is 0 Å². The number of hydrogen-bond acceptors (Lipinski definition) is 4. The van der Waals surface area contributed by atoms with Crippen molar-refractivity contribution in [2.24, 2.45) is 0 Å². The molecule has 0 aliphatic heterocycles. The van der Waals surface area contributed by atoms with Crippen molar-refractivity contribution in [1.82, 2.24) is 0 Å². The van der Waals surface area contributed by atoms with Crippen LogP contribution in [0.5, 0.6) is 0 Å². The van der Waals surface area contributed by atoms with E-state index in [9.17, 15) is 9.59 Å². The Labute approximate surface area is 156 Å². The van der Waals surface area contributed by atoms with Gasteiger partial charge in [-0.3, -0.25) is 4.79 Å². The SMILES string of the molecule is CCCOC(=O)c1ccc(NC(=O)CNc2cc(Cl)cc(Cl)c2)cc1. The smallest absolute Gasteiger partial charge is 0.338 e. The number of hydrogen-bond donors (Lipinski definition) is 2. The second-order valence-electron chi connectivity index (χ2n) is 5.27. The highest BCUT2D eigenvalue weighted by molar-refractivity contribution is 6.35. The topological polar surface area (TPSA) is 67.4 Å². The Morgan fingerprint density at radius 1 is 1.00 bits per heavy atom. The summed E-state index contributed by atoms with van der Waals surface area (Å²) >= 11 is 11.8. The molecule has 0 aliphatic rings. The van der Waals surface area contributed by atoms with Crippen LogP contribution in [0.15, 0.2) is 42.5 Å². The molecule has 0 radical (unpaired) electrons. The molecule has 0 bridgehead atoms. The van der Waals surface area contributed by atoms with Gasteiger partial charge in [-0.05, 0) is 48.9 Å². The maximum atomic E-state index is 12.0. The van der Waals surface area contributed by atoms with Gasteiger partial charge in [-0.25, -0.2) is 4.79 Å². The first-order valence-electron chi connectivity index (χ1n) is 7.75. The lowest BCUT2D eigenvalue weighted by Gasteiger charge is -2.09. The van der Waals surface area contributed by atoms with E-state index >= 15 is 0 Å². The van der Waals surface area contributed by atoms with Crippen molar-refractivity contribution in [3.05, 3.63) is 58.1 Å². The summed E-state index contributed by atoms with van der Waals surface area (Å²) in [5.41, 5.74) is 1.68. The number of rotatable bonds is 7. The second-order valence-corrected chi connectivity index (χ2v) is 6.15. The monoisotopic (exact) mass is 380 g/mol. The van der Waals surface area contributed by atoms with Gasteiger partial charge in [-0.1, -0.05) is 30.1 Å². The zero-order chi connectivity index (χ0) is 18.2. The summed E-state index contributed by atoms with van der Waals surface area (Å²) in [5, 5.41) is 6.65. The first-order valence-corrected chi connectivity index (χ1v) is 8.50. The number of amides is 1. The molecule has 0 aliphatic carbocycles. The molecule has 0 saturated heterocycles. The highest BCUT2D eigenvalue weighted by Gasteiger charge is 2.08. The van der Waals surface area contributed by atoms with E-state index < -0.39 is 0 Å². The van der Waals surface area contributed by atoms with Crippen molar-refractivity contribution in [2.45, 2.75) is 13.3 Å². The van der Waals surface area contributed by atoms with Crippen LogP contribution in [-0.2, 0) is 9.53 Å². The summed E-state index contributed by atoms with van der Waals surface area (Å²) in [6, 6.07) is 11.5. The van der Waals surface area contributed by atoms with Gasteiger partial charge in [0.2, 0.25) is 5.91 Å². The summed E-state index contributed by atoms with van der Waals surface area (Å²) in [6.07, 6.45) is 0.769. The number of nitrogens with one attached hydrogen (secondary N) is 2. The fourth-order valence-corrected chi connectivity index (χ4v) is 2.54. The molecule has 0 saturated carbocycles. The average molecular weight is 381 g/mol. The lowest BCUT2D eigenvalue weighted by molar-refractivity contribution is -0.114. The predicted octanol–water partition coefficient (Wildman–Crippen LogP) is 4.61. The van der Waals surface area contributed by atoms with Crippen LogP contribution < -0.4 is 10.6 Å². The van der Waals surface area contributed by atoms with E-state index in [2.05, 4.69) is 10.6 Å². The molecule has 2 N–H and O–H groups in total. The maximum Gasteiger partial charge on any atom is 0.338 e. The minimum absolute atomic E-state index is 0.0525. The molecule has 0 spiro atoms. The molecule has 0 unspecified atom stereocenters. The van der Waals surface area contributed by atoms with E-state index in [1.165, 1.54) is 0 Å². The number of esters is 1. The molecule has 25 heavy (non-hydrogen) atoms. The van der Waals surface area contributed by atoms with Crippen molar-refractivity contribution in [1.29, 1.82) is 0 Å². The van der Waals surface area contributed by atoms with Gasteiger partial charge in [0.05, 0.1) is 18.7 Å². The van der Waals surface area contributed by atoms with Gasteiger partial charge in [0.15, 0.2) is 0 Å². The third-order valence-corrected chi connectivity index (χ3v) is 3.59. The van der Waals surface area contributed by atoms with E-state index in [0.29, 0.717) is 33.6 Å². The highest BCUT2D eigenvalue weighted by Crippen LogP contribution is 2.22. The highest BCUT2D eigenvalue weighted by atomic mass is 35.5. The zero-order valence-electron chi connectivity index (χ0n) is 13.6. The van der Waals surface area contributed by atoms with Crippen molar-refractivity contribution in [2.75, 3.05) is 23.8 Å². The number of halogens is 2. The Hall–Kier alpha value is -2.24. The first-order chi connectivity index (χ1) is 12.0. The molecule has 0 fully saturated rings. The molecular formula is C18H18Cl2N2O3. The second kappa shape index (κ2) is 9.30. The summed E-state index contributed by atoms with van der Waals surface area (Å²) < 4.78 is 5.05. The van der Waals surface area contributed by atoms with E-state index in [1.54, 1.807) is 42.5 Å². The minimum Gasteiger partial charge on any atom is -0.462 e. The zero-order valence-corrected chi connectivity index (χ0v) is 15.2. The van der Waals surface area contributed by atoms with Crippen LogP contribution in [0, 0.1) is 0 Å². The Balaban J connectivity index is 1.86. The minimum atomic E-state index is -0.376. The van der Waals surface area contributed by atoms with Crippen molar-refractivity contribution >= 4 is 46.5 Å². The molecule has 132 valence electrons. The third kappa shape index (κ3) is 6.29. The van der Waals surface area contributed by atoms with Crippen LogP contribution in [0.2, 0.25) is 10.0 Å². The van der Waals surface area contributed by atoms with Crippen molar-refractivity contribution in [3.63, 3.8) is 0 Å². The quantitative estimate of drug-likeness (QED) is 0.688. The van der Waals surface area contributed by atoms with Gasteiger partial charge in [0, 0.05) is 21.4 Å². The maximum absolute atomic E-state index is 12.0. The van der Waals surface area contributed by atoms with Crippen molar-refractivity contribution in [3.8, 4) is 0 Å². The van der Waals surface area contributed by atoms with Gasteiger partial charge in [-0.2, -0.15) is 0 Å². The molecule has 0 aromatic heterocycles. The summed E-state index contributed by atoms with van der Waals surface area (Å²) in [6.45, 7) is 2.37. The Bertz CT molecular complexity index is 728. The van der Waals surface area contributed by atoms with Crippen molar-refractivity contribution < 1.29 is 14.3 Å². The van der Waals surface area contributed by atoms with E-state index in [1.807, 2.05) is 6.92 Å². The molecule has 0 atom stereocenters. The Morgan fingerprint density at radius 2 is 1.64 bits per heavy atom. The normalized spacial score (nSPS) is 10.2.